The zero-order valence-electron chi connectivity index (χ0n) is 9.00. The van der Waals surface area contributed by atoms with Crippen LogP contribution >= 0.6 is 0 Å². The number of carbonyl (C=O) groups is 1. The highest BCUT2D eigenvalue weighted by Crippen LogP contribution is 2.26. The molecule has 1 fully saturated rings. The van der Waals surface area contributed by atoms with Crippen molar-refractivity contribution in [3.63, 3.8) is 0 Å². The summed E-state index contributed by atoms with van der Waals surface area (Å²) < 4.78 is 0. The molecule has 0 bridgehead atoms. The molecule has 1 aromatic carbocycles. The van der Waals surface area contributed by atoms with Gasteiger partial charge in [-0.05, 0) is 37.1 Å². The molecule has 0 radical (unpaired) electrons. The average molecular weight is 205 g/mol. The molecule has 2 amide bonds. The third kappa shape index (κ3) is 1.63. The van der Waals surface area contributed by atoms with Crippen LogP contribution in [-0.2, 0) is 0 Å². The molecule has 1 aliphatic rings. The van der Waals surface area contributed by atoms with E-state index in [4.69, 9.17) is 5.73 Å². The lowest BCUT2D eigenvalue weighted by atomic mass is 10.1. The largest absolute Gasteiger partial charge is 0.399 e. The number of hydrogen-bond acceptors (Lipinski definition) is 2. The second kappa shape index (κ2) is 3.46. The second-order valence-electron chi connectivity index (χ2n) is 3.88. The lowest BCUT2D eigenvalue weighted by Gasteiger charge is -2.18. The highest BCUT2D eigenvalue weighted by atomic mass is 16.2. The molecule has 3 N–H and O–H groups in total. The van der Waals surface area contributed by atoms with E-state index in [0.29, 0.717) is 6.54 Å². The van der Waals surface area contributed by atoms with E-state index >= 15 is 0 Å². The summed E-state index contributed by atoms with van der Waals surface area (Å²) in [6.07, 6.45) is 0. The van der Waals surface area contributed by atoms with Crippen LogP contribution in [0.15, 0.2) is 12.1 Å². The molecule has 0 aliphatic carbocycles. The highest BCUT2D eigenvalue weighted by molar-refractivity contribution is 5.95. The number of benzene rings is 1. The molecular formula is C11H15N3O. The molecule has 0 atom stereocenters. The van der Waals surface area contributed by atoms with Gasteiger partial charge in [-0.1, -0.05) is 0 Å². The van der Waals surface area contributed by atoms with Crippen molar-refractivity contribution in [1.29, 1.82) is 0 Å². The van der Waals surface area contributed by atoms with E-state index in [1.165, 1.54) is 0 Å². The van der Waals surface area contributed by atoms with Crippen molar-refractivity contribution in [2.24, 2.45) is 0 Å². The van der Waals surface area contributed by atoms with Gasteiger partial charge in [-0.15, -0.1) is 0 Å². The first-order valence-corrected chi connectivity index (χ1v) is 5.01. The van der Waals surface area contributed by atoms with Crippen molar-refractivity contribution in [3.8, 4) is 0 Å². The smallest absolute Gasteiger partial charge is 0.322 e. The number of amides is 2. The van der Waals surface area contributed by atoms with Gasteiger partial charge in [0.1, 0.15) is 0 Å². The Kier molecular flexibility index (Phi) is 2.26. The fraction of sp³-hybridized carbons (Fsp3) is 0.364. The number of nitrogen functional groups attached to an aromatic ring is 1. The van der Waals surface area contributed by atoms with Gasteiger partial charge in [0, 0.05) is 24.5 Å². The van der Waals surface area contributed by atoms with Gasteiger partial charge >= 0.3 is 6.03 Å². The standard InChI is InChI=1S/C11H15N3O/c1-7-6-10(8(2)5-9(7)12)14-4-3-13-11(14)15/h5-6H,3-4,12H2,1-2H3,(H,13,15). The molecule has 0 saturated carbocycles. The minimum absolute atomic E-state index is 0.0257. The van der Waals surface area contributed by atoms with Crippen molar-refractivity contribution in [2.45, 2.75) is 13.8 Å². The Morgan fingerprint density at radius 3 is 2.67 bits per heavy atom. The summed E-state index contributed by atoms with van der Waals surface area (Å²) in [5.41, 5.74) is 9.58. The maximum Gasteiger partial charge on any atom is 0.322 e. The van der Waals surface area contributed by atoms with E-state index in [1.54, 1.807) is 4.90 Å². The number of hydrogen-bond donors (Lipinski definition) is 2. The van der Waals surface area contributed by atoms with Crippen LogP contribution in [0.4, 0.5) is 16.2 Å². The minimum Gasteiger partial charge on any atom is -0.399 e. The Morgan fingerprint density at radius 1 is 1.33 bits per heavy atom. The summed E-state index contributed by atoms with van der Waals surface area (Å²) in [5, 5.41) is 2.79. The molecule has 80 valence electrons. The van der Waals surface area contributed by atoms with Crippen molar-refractivity contribution in [3.05, 3.63) is 23.3 Å². The summed E-state index contributed by atoms with van der Waals surface area (Å²) >= 11 is 0. The molecule has 2 rings (SSSR count). The van der Waals surface area contributed by atoms with Gasteiger partial charge < -0.3 is 11.1 Å². The molecule has 1 heterocycles. The van der Waals surface area contributed by atoms with Gasteiger partial charge in [0.25, 0.3) is 0 Å². The van der Waals surface area contributed by atoms with Gasteiger partial charge in [0.05, 0.1) is 0 Å². The third-order valence-corrected chi connectivity index (χ3v) is 2.73. The number of carbonyl (C=O) groups excluding carboxylic acids is 1. The summed E-state index contributed by atoms with van der Waals surface area (Å²) in [5.74, 6) is 0. The van der Waals surface area contributed by atoms with Crippen LogP contribution < -0.4 is 16.0 Å². The SMILES string of the molecule is Cc1cc(N2CCNC2=O)c(C)cc1N. The van der Waals surface area contributed by atoms with Crippen LogP contribution in [0.2, 0.25) is 0 Å². The number of urea groups is 1. The van der Waals surface area contributed by atoms with Crippen LogP contribution in [0.1, 0.15) is 11.1 Å². The zero-order valence-corrected chi connectivity index (χ0v) is 9.00. The predicted molar refractivity (Wildman–Crippen MR) is 61.1 cm³/mol. The molecule has 1 aliphatic heterocycles. The van der Waals surface area contributed by atoms with Gasteiger partial charge in [-0.25, -0.2) is 4.79 Å². The predicted octanol–water partition coefficient (Wildman–Crippen LogP) is 1.42. The van der Waals surface area contributed by atoms with Crippen LogP contribution in [-0.4, -0.2) is 19.1 Å². The first-order chi connectivity index (χ1) is 7.09. The fourth-order valence-corrected chi connectivity index (χ4v) is 1.82. The third-order valence-electron chi connectivity index (χ3n) is 2.73. The normalized spacial score (nSPS) is 15.6. The summed E-state index contributed by atoms with van der Waals surface area (Å²) in [6.45, 7) is 5.35. The Labute approximate surface area is 89.1 Å². The first-order valence-electron chi connectivity index (χ1n) is 5.01. The van der Waals surface area contributed by atoms with Gasteiger partial charge in [-0.2, -0.15) is 0 Å². The van der Waals surface area contributed by atoms with Gasteiger partial charge in [0.2, 0.25) is 0 Å². The molecule has 4 nitrogen and oxygen atoms in total. The number of rotatable bonds is 1. The Balaban J connectivity index is 2.43. The molecule has 0 unspecified atom stereocenters. The lowest BCUT2D eigenvalue weighted by molar-refractivity contribution is 0.252. The highest BCUT2D eigenvalue weighted by Gasteiger charge is 2.22. The van der Waals surface area contributed by atoms with Gasteiger partial charge in [0.15, 0.2) is 0 Å². The van der Waals surface area contributed by atoms with Crippen LogP contribution in [0.25, 0.3) is 0 Å². The van der Waals surface area contributed by atoms with E-state index < -0.39 is 0 Å². The fourth-order valence-electron chi connectivity index (χ4n) is 1.82. The number of aryl methyl sites for hydroxylation is 2. The molecular weight excluding hydrogens is 190 g/mol. The molecule has 0 aromatic heterocycles. The average Bonchev–Trinajstić information content (AvgIpc) is 2.58. The quantitative estimate of drug-likeness (QED) is 0.681. The van der Waals surface area contributed by atoms with Crippen molar-refractivity contribution in [1.82, 2.24) is 5.32 Å². The Hall–Kier alpha value is -1.71. The lowest BCUT2D eigenvalue weighted by Crippen LogP contribution is -2.28. The molecule has 1 saturated heterocycles. The van der Waals surface area contributed by atoms with E-state index in [9.17, 15) is 4.79 Å². The Bertz CT molecular complexity index is 415. The van der Waals surface area contributed by atoms with E-state index in [0.717, 1.165) is 29.0 Å². The maximum absolute atomic E-state index is 11.5. The van der Waals surface area contributed by atoms with Crippen LogP contribution in [0.5, 0.6) is 0 Å². The summed E-state index contributed by atoms with van der Waals surface area (Å²) in [7, 11) is 0. The topological polar surface area (TPSA) is 58.4 Å². The van der Waals surface area contributed by atoms with E-state index in [1.807, 2.05) is 26.0 Å². The Morgan fingerprint density at radius 2 is 2.07 bits per heavy atom. The number of nitrogens with one attached hydrogen (secondary N) is 1. The van der Waals surface area contributed by atoms with Crippen LogP contribution in [0, 0.1) is 13.8 Å². The van der Waals surface area contributed by atoms with Crippen LogP contribution in [0.3, 0.4) is 0 Å². The molecule has 0 spiro atoms. The number of nitrogens with zero attached hydrogens (tertiary/aromatic N) is 1. The van der Waals surface area contributed by atoms with Gasteiger partial charge in [-0.3, -0.25) is 4.90 Å². The maximum atomic E-state index is 11.5. The number of anilines is 2. The summed E-state index contributed by atoms with van der Waals surface area (Å²) in [6, 6.07) is 3.86. The van der Waals surface area contributed by atoms with Crippen molar-refractivity contribution in [2.75, 3.05) is 23.7 Å². The first kappa shape index (κ1) is 9.83. The minimum atomic E-state index is -0.0257. The zero-order chi connectivity index (χ0) is 11.0. The molecule has 15 heavy (non-hydrogen) atoms. The molecule has 4 heteroatoms. The van der Waals surface area contributed by atoms with Crippen molar-refractivity contribution < 1.29 is 4.79 Å². The number of nitrogens with two attached hydrogens (primary N) is 1. The second-order valence-corrected chi connectivity index (χ2v) is 3.88. The van der Waals surface area contributed by atoms with Crippen molar-refractivity contribution >= 4 is 17.4 Å². The molecule has 1 aromatic rings. The monoisotopic (exact) mass is 205 g/mol. The summed E-state index contributed by atoms with van der Waals surface area (Å²) in [4.78, 5) is 13.3. The van der Waals surface area contributed by atoms with E-state index in [-0.39, 0.29) is 6.03 Å². The van der Waals surface area contributed by atoms with E-state index in [2.05, 4.69) is 5.32 Å².